The molecule has 2 aromatic rings. The molecule has 0 aliphatic carbocycles. The van der Waals surface area contributed by atoms with Crippen LogP contribution < -0.4 is 5.32 Å². The maximum Gasteiger partial charge on any atom is 0.304 e. The number of nitro groups is 1. The van der Waals surface area contributed by atoms with E-state index in [0.29, 0.717) is 6.42 Å². The van der Waals surface area contributed by atoms with Crippen molar-refractivity contribution in [2.24, 2.45) is 0 Å². The predicted molar refractivity (Wildman–Crippen MR) is 94.9 cm³/mol. The average molecular weight is 419 g/mol. The summed E-state index contributed by atoms with van der Waals surface area (Å²) in [5.74, 6) is 0. The van der Waals surface area contributed by atoms with Gasteiger partial charge in [0.2, 0.25) is 0 Å². The van der Waals surface area contributed by atoms with Crippen LogP contribution in [0.5, 0.6) is 0 Å². The fraction of sp³-hybridized carbons (Fsp3) is 0.286. The van der Waals surface area contributed by atoms with Crippen molar-refractivity contribution in [1.82, 2.24) is 0 Å². The van der Waals surface area contributed by atoms with E-state index < -0.39 is 14.8 Å². The van der Waals surface area contributed by atoms with E-state index >= 15 is 0 Å². The number of nitrogens with zero attached hydrogens (tertiary/aromatic N) is 1. The molecule has 0 radical (unpaired) electrons. The Hall–Kier alpha value is -1.45. The summed E-state index contributed by atoms with van der Waals surface area (Å²) in [7, 11) is -3.48. The molecule has 124 valence electrons. The van der Waals surface area contributed by atoms with Crippen molar-refractivity contribution in [2.75, 3.05) is 11.6 Å². The van der Waals surface area contributed by atoms with Gasteiger partial charge in [-0.2, -0.15) is 0 Å². The summed E-state index contributed by atoms with van der Waals surface area (Å²) in [4.78, 5) is 10.6. The minimum Gasteiger partial charge on any atom is -0.364 e. The second-order valence-electron chi connectivity index (χ2n) is 4.97. The molecular formula is C14H15BrN2O4S2. The van der Waals surface area contributed by atoms with Crippen molar-refractivity contribution < 1.29 is 13.3 Å². The fourth-order valence-corrected chi connectivity index (χ4v) is 4.31. The normalized spacial score (nSPS) is 12.8. The van der Waals surface area contributed by atoms with Crippen LogP contribution in [-0.4, -0.2) is 19.6 Å². The first-order valence-electron chi connectivity index (χ1n) is 6.72. The van der Waals surface area contributed by atoms with Crippen molar-refractivity contribution in [2.45, 2.75) is 23.6 Å². The van der Waals surface area contributed by atoms with E-state index in [9.17, 15) is 18.5 Å². The molecule has 1 aromatic heterocycles. The van der Waals surface area contributed by atoms with E-state index in [1.165, 1.54) is 0 Å². The first kappa shape index (κ1) is 17.9. The Morgan fingerprint density at radius 2 is 1.96 bits per heavy atom. The van der Waals surface area contributed by atoms with Gasteiger partial charge in [0.05, 0.1) is 11.0 Å². The fourth-order valence-electron chi connectivity index (χ4n) is 2.06. The topological polar surface area (TPSA) is 89.3 Å². The van der Waals surface area contributed by atoms with E-state index in [1.807, 2.05) is 31.2 Å². The molecule has 0 fully saturated rings. The summed E-state index contributed by atoms with van der Waals surface area (Å²) >= 11 is 4.25. The van der Waals surface area contributed by atoms with Crippen molar-refractivity contribution in [3.8, 4) is 0 Å². The first-order valence-corrected chi connectivity index (χ1v) is 10.2. The number of sulfone groups is 1. The number of halogens is 1. The SMILES string of the molecule is CCC(Nc1sc(S(C)(=O)=O)cc1[N+](=O)[O-])c1ccc(Br)cc1. The number of nitrogens with one attached hydrogen (secondary N) is 1. The molecule has 1 heterocycles. The number of rotatable bonds is 6. The number of anilines is 1. The minimum atomic E-state index is -3.48. The standard InChI is InChI=1S/C14H15BrN2O4S2/c1-3-11(9-4-6-10(15)7-5-9)16-14-12(17(18)19)8-13(22-14)23(2,20)21/h4-8,11,16H,3H2,1-2H3. The van der Waals surface area contributed by atoms with Gasteiger partial charge in [0, 0.05) is 16.8 Å². The molecule has 23 heavy (non-hydrogen) atoms. The second-order valence-corrected chi connectivity index (χ2v) is 9.18. The molecule has 1 unspecified atom stereocenters. The molecule has 0 amide bonds. The largest absolute Gasteiger partial charge is 0.364 e. The number of thiophene rings is 1. The highest BCUT2D eigenvalue weighted by Crippen LogP contribution is 2.39. The Morgan fingerprint density at radius 1 is 1.35 bits per heavy atom. The van der Waals surface area contributed by atoms with Crippen molar-refractivity contribution in [3.63, 3.8) is 0 Å². The van der Waals surface area contributed by atoms with Crippen LogP contribution in [-0.2, 0) is 9.84 Å². The summed E-state index contributed by atoms with van der Waals surface area (Å²) in [6.45, 7) is 1.95. The van der Waals surface area contributed by atoms with Crippen LogP contribution in [0, 0.1) is 10.1 Å². The third-order valence-electron chi connectivity index (χ3n) is 3.24. The lowest BCUT2D eigenvalue weighted by atomic mass is 10.1. The van der Waals surface area contributed by atoms with Crippen LogP contribution in [0.25, 0.3) is 0 Å². The zero-order chi connectivity index (χ0) is 17.2. The van der Waals surface area contributed by atoms with Gasteiger partial charge in [0.25, 0.3) is 0 Å². The molecule has 9 heteroatoms. The van der Waals surface area contributed by atoms with Gasteiger partial charge in [-0.3, -0.25) is 10.1 Å². The van der Waals surface area contributed by atoms with Crippen molar-refractivity contribution >= 4 is 47.8 Å². The quantitative estimate of drug-likeness (QED) is 0.554. The summed E-state index contributed by atoms with van der Waals surface area (Å²) in [5.41, 5.74) is 0.755. The third kappa shape index (κ3) is 4.30. The molecule has 0 saturated carbocycles. The molecule has 0 spiro atoms. The van der Waals surface area contributed by atoms with E-state index in [1.54, 1.807) is 0 Å². The summed E-state index contributed by atoms with van der Waals surface area (Å²) in [5, 5.41) is 14.5. The van der Waals surface area contributed by atoms with Gasteiger partial charge in [0.15, 0.2) is 14.8 Å². The lowest BCUT2D eigenvalue weighted by Gasteiger charge is -2.17. The number of benzene rings is 1. The molecule has 6 nitrogen and oxygen atoms in total. The molecular weight excluding hydrogens is 404 g/mol. The van der Waals surface area contributed by atoms with E-state index in [2.05, 4.69) is 21.2 Å². The Morgan fingerprint density at radius 3 is 2.43 bits per heavy atom. The van der Waals surface area contributed by atoms with Crippen LogP contribution in [0.4, 0.5) is 10.7 Å². The zero-order valence-corrected chi connectivity index (χ0v) is 15.7. The highest BCUT2D eigenvalue weighted by molar-refractivity contribution is 9.10. The van der Waals surface area contributed by atoms with E-state index in [-0.39, 0.29) is 20.9 Å². The maximum atomic E-state index is 11.6. The Kier molecular flexibility index (Phi) is 5.43. The Balaban J connectivity index is 2.38. The van der Waals surface area contributed by atoms with Crippen LogP contribution in [0.3, 0.4) is 0 Å². The lowest BCUT2D eigenvalue weighted by Crippen LogP contribution is -2.09. The summed E-state index contributed by atoms with van der Waals surface area (Å²) < 4.78 is 24.2. The molecule has 1 N–H and O–H groups in total. The monoisotopic (exact) mass is 418 g/mol. The molecule has 1 atom stereocenters. The van der Waals surface area contributed by atoms with Gasteiger partial charge in [-0.05, 0) is 24.1 Å². The predicted octanol–water partition coefficient (Wildman–Crippen LogP) is 4.39. The molecule has 0 saturated heterocycles. The lowest BCUT2D eigenvalue weighted by molar-refractivity contribution is -0.383. The molecule has 0 bridgehead atoms. The third-order valence-corrected chi connectivity index (χ3v) is 6.62. The van der Waals surface area contributed by atoms with Gasteiger partial charge in [-0.25, -0.2) is 8.42 Å². The van der Waals surface area contributed by atoms with Crippen LogP contribution in [0.1, 0.15) is 24.9 Å². The van der Waals surface area contributed by atoms with Gasteiger partial charge in [-0.15, -0.1) is 0 Å². The first-order chi connectivity index (χ1) is 10.7. The number of hydrogen-bond acceptors (Lipinski definition) is 6. The van der Waals surface area contributed by atoms with Gasteiger partial charge >= 0.3 is 5.69 Å². The van der Waals surface area contributed by atoms with Gasteiger partial charge in [-0.1, -0.05) is 46.3 Å². The Labute approximate surface area is 146 Å². The van der Waals surface area contributed by atoms with Crippen LogP contribution >= 0.6 is 27.3 Å². The van der Waals surface area contributed by atoms with E-state index in [4.69, 9.17) is 0 Å². The second kappa shape index (κ2) is 6.98. The Bertz CT molecular complexity index is 816. The highest BCUT2D eigenvalue weighted by Gasteiger charge is 2.25. The van der Waals surface area contributed by atoms with Crippen molar-refractivity contribution in [3.05, 3.63) is 50.5 Å². The summed E-state index contributed by atoms with van der Waals surface area (Å²) in [6, 6.07) is 8.59. The zero-order valence-electron chi connectivity index (χ0n) is 12.4. The molecule has 0 aliphatic rings. The average Bonchev–Trinajstić information content (AvgIpc) is 2.90. The van der Waals surface area contributed by atoms with Crippen LogP contribution in [0.2, 0.25) is 0 Å². The summed E-state index contributed by atoms with van der Waals surface area (Å²) in [6.07, 6.45) is 1.74. The van der Waals surface area contributed by atoms with Gasteiger partial charge < -0.3 is 5.32 Å². The van der Waals surface area contributed by atoms with Crippen molar-refractivity contribution in [1.29, 1.82) is 0 Å². The minimum absolute atomic E-state index is 0.0163. The molecule has 0 aliphatic heterocycles. The maximum absolute atomic E-state index is 11.6. The smallest absolute Gasteiger partial charge is 0.304 e. The number of hydrogen-bond donors (Lipinski definition) is 1. The van der Waals surface area contributed by atoms with Crippen LogP contribution in [0.15, 0.2) is 39.0 Å². The van der Waals surface area contributed by atoms with Gasteiger partial charge in [0.1, 0.15) is 4.21 Å². The molecule has 2 rings (SSSR count). The highest BCUT2D eigenvalue weighted by atomic mass is 79.9. The van der Waals surface area contributed by atoms with E-state index in [0.717, 1.165) is 33.7 Å². The molecule has 1 aromatic carbocycles.